The minimum atomic E-state index is -5.18. The first-order valence-corrected chi connectivity index (χ1v) is 12.9. The van der Waals surface area contributed by atoms with Crippen molar-refractivity contribution < 1.29 is 55.1 Å². The molecule has 22 heteroatoms. The van der Waals surface area contributed by atoms with Gasteiger partial charge >= 0.3 is 32.6 Å². The smallest absolute Gasteiger partial charge is 0.362 e. The number of aliphatic carboxylic acids is 1. The van der Waals surface area contributed by atoms with E-state index in [2.05, 4.69) is 15.5 Å². The van der Waals surface area contributed by atoms with E-state index in [0.29, 0.717) is 0 Å². The molecule has 0 saturated carbocycles. The average Bonchev–Trinajstić information content (AvgIpc) is 3.12. The lowest BCUT2D eigenvalue weighted by Gasteiger charge is -2.44. The summed E-state index contributed by atoms with van der Waals surface area (Å²) in [6.45, 7) is 1.39. The lowest BCUT2D eigenvalue weighted by molar-refractivity contribution is -0.161. The van der Waals surface area contributed by atoms with Crippen LogP contribution in [-0.2, 0) is 39.8 Å². The predicted octanol–water partition coefficient (Wildman–Crippen LogP) is -3.09. The van der Waals surface area contributed by atoms with Gasteiger partial charge in [-0.15, -0.1) is 11.3 Å². The Hall–Kier alpha value is -3.60. The summed E-state index contributed by atoms with van der Waals surface area (Å²) in [5.41, 5.74) is 2.76. The van der Waals surface area contributed by atoms with Crippen molar-refractivity contribution in [1.82, 2.24) is 24.6 Å². The van der Waals surface area contributed by atoms with Crippen LogP contribution in [0.4, 0.5) is 9.93 Å². The molecule has 2 heterocycles. The van der Waals surface area contributed by atoms with E-state index in [1.807, 2.05) is 5.32 Å². The third-order valence-corrected chi connectivity index (χ3v) is 6.32. The van der Waals surface area contributed by atoms with Gasteiger partial charge in [-0.3, -0.25) is 18.7 Å². The van der Waals surface area contributed by atoms with Gasteiger partial charge in [0.1, 0.15) is 11.7 Å². The number of carboxylic acid groups (broad SMARTS) is 1. The van der Waals surface area contributed by atoms with E-state index in [1.165, 1.54) is 5.38 Å². The second-order valence-corrected chi connectivity index (χ2v) is 10.7. The summed E-state index contributed by atoms with van der Waals surface area (Å²) in [4.78, 5) is 56.7. The van der Waals surface area contributed by atoms with E-state index in [4.69, 9.17) is 20.2 Å². The lowest BCUT2D eigenvalue weighted by Crippen LogP contribution is -2.74. The van der Waals surface area contributed by atoms with Crippen molar-refractivity contribution in [3.8, 4) is 0 Å². The van der Waals surface area contributed by atoms with Crippen LogP contribution < -0.4 is 21.1 Å². The topological polar surface area (TPSA) is 297 Å². The zero-order chi connectivity index (χ0) is 27.6. The molecule has 1 aliphatic heterocycles. The van der Waals surface area contributed by atoms with Crippen LogP contribution in [0, 0.1) is 0 Å². The van der Waals surface area contributed by atoms with Crippen LogP contribution >= 0.6 is 11.3 Å². The molecular formula is C14H19N7O12S3. The number of nitrogens with zero attached hydrogens (tertiary/aromatic N) is 3. The number of carbonyl (C=O) groups is 4. The van der Waals surface area contributed by atoms with Crippen molar-refractivity contribution in [2.75, 3.05) is 12.3 Å². The monoisotopic (exact) mass is 573 g/mol. The number of nitrogens with two attached hydrogens (primary N) is 1. The molecule has 0 bridgehead atoms. The Morgan fingerprint density at radius 3 is 2.36 bits per heavy atom. The number of urea groups is 1. The Balaban J connectivity index is 2.30. The molecule has 1 aromatic rings. The van der Waals surface area contributed by atoms with E-state index in [0.717, 1.165) is 29.9 Å². The van der Waals surface area contributed by atoms with Gasteiger partial charge in [-0.25, -0.2) is 23.6 Å². The third-order valence-electron chi connectivity index (χ3n) is 4.26. The van der Waals surface area contributed by atoms with Crippen LogP contribution in [-0.4, -0.2) is 94.1 Å². The quantitative estimate of drug-likeness (QED) is 0.0631. The fourth-order valence-electron chi connectivity index (χ4n) is 2.52. The minimum absolute atomic E-state index is 0.0211. The number of carboxylic acids is 1. The molecule has 4 amide bonds. The highest BCUT2D eigenvalue weighted by Crippen LogP contribution is 2.24. The first-order chi connectivity index (χ1) is 16.3. The van der Waals surface area contributed by atoms with Crippen molar-refractivity contribution in [3.05, 3.63) is 11.1 Å². The Labute approximate surface area is 206 Å². The van der Waals surface area contributed by atoms with Crippen molar-refractivity contribution in [2.45, 2.75) is 31.5 Å². The molecule has 8 N–H and O–H groups in total. The Bertz CT molecular complexity index is 1320. The molecule has 0 unspecified atom stereocenters. The highest BCUT2D eigenvalue weighted by atomic mass is 32.2. The first kappa shape index (κ1) is 28.6. The fourth-order valence-corrected chi connectivity index (χ4v) is 4.26. The maximum Gasteiger partial charge on any atom is 0.362 e. The largest absolute Gasteiger partial charge is 0.478 e. The van der Waals surface area contributed by atoms with E-state index in [1.54, 1.807) is 0 Å². The van der Waals surface area contributed by atoms with Crippen molar-refractivity contribution in [1.29, 1.82) is 0 Å². The maximum absolute atomic E-state index is 12.9. The average molecular weight is 574 g/mol. The summed E-state index contributed by atoms with van der Waals surface area (Å²) < 4.78 is 63.3. The van der Waals surface area contributed by atoms with Gasteiger partial charge in [0.2, 0.25) is 5.60 Å². The van der Waals surface area contributed by atoms with Gasteiger partial charge in [-0.2, -0.15) is 16.8 Å². The number of nitrogens with one attached hydrogen (secondary N) is 3. The molecule has 1 aromatic heterocycles. The van der Waals surface area contributed by atoms with Crippen LogP contribution in [0.2, 0.25) is 0 Å². The SMILES string of the molecule is CC(C)(O/N=C(\C(=O)N[C@H]1C(=O)N(S(=O)(=O)O)[C@H]1CNC(=O)NS(=O)(=O)O)c1csc(N)n1)C(=O)O. The molecule has 1 aliphatic rings. The van der Waals surface area contributed by atoms with Crippen molar-refractivity contribution >= 4 is 66.6 Å². The predicted molar refractivity (Wildman–Crippen MR) is 118 cm³/mol. The van der Waals surface area contributed by atoms with E-state index < -0.39 is 74.4 Å². The third kappa shape index (κ3) is 6.97. The van der Waals surface area contributed by atoms with Crippen LogP contribution in [0.15, 0.2) is 10.5 Å². The van der Waals surface area contributed by atoms with Gasteiger partial charge < -0.3 is 26.3 Å². The highest BCUT2D eigenvalue weighted by Gasteiger charge is 2.54. The molecule has 0 spiro atoms. The summed E-state index contributed by atoms with van der Waals surface area (Å²) in [6, 6.07) is -4.91. The van der Waals surface area contributed by atoms with Crippen LogP contribution in [0.25, 0.3) is 0 Å². The van der Waals surface area contributed by atoms with E-state index in [-0.39, 0.29) is 15.1 Å². The molecule has 19 nitrogen and oxygen atoms in total. The van der Waals surface area contributed by atoms with Gasteiger partial charge in [-0.05, 0) is 13.8 Å². The zero-order valence-electron chi connectivity index (χ0n) is 18.1. The minimum Gasteiger partial charge on any atom is -0.478 e. The summed E-state index contributed by atoms with van der Waals surface area (Å²) in [6.07, 6.45) is 0. The van der Waals surface area contributed by atoms with Gasteiger partial charge in [-0.1, -0.05) is 5.16 Å². The summed E-state index contributed by atoms with van der Waals surface area (Å²) >= 11 is 0.872. The molecule has 2 rings (SSSR count). The maximum atomic E-state index is 12.9. The number of anilines is 1. The highest BCUT2D eigenvalue weighted by molar-refractivity contribution is 7.84. The number of oxime groups is 1. The molecule has 1 fully saturated rings. The standard InChI is InChI=1S/C14H19N7O12S3/c1-14(2,11(24)25)33-19-7(5-4-34-12(15)17-5)9(22)18-8-6(21(10(8)23)36(30,31)32)3-16-13(26)20-35(27,28)29/h4,6,8H,3H2,1-2H3,(H2,15,17)(H,18,22)(H,24,25)(H2,16,20,26)(H,27,28,29)(H,30,31,32)/b19-7-/t6-,8+/m0/s1. The van der Waals surface area contributed by atoms with Gasteiger partial charge in [0.15, 0.2) is 10.8 Å². The second kappa shape index (κ2) is 10.2. The second-order valence-electron chi connectivity index (χ2n) is 7.34. The van der Waals surface area contributed by atoms with Crippen molar-refractivity contribution in [3.63, 3.8) is 0 Å². The molecule has 0 radical (unpaired) electrons. The fraction of sp³-hybridized carbons (Fsp3) is 0.429. The molecule has 200 valence electrons. The summed E-state index contributed by atoms with van der Waals surface area (Å²) in [5, 5.41) is 17.8. The van der Waals surface area contributed by atoms with Gasteiger partial charge in [0, 0.05) is 11.9 Å². The molecule has 2 atom stereocenters. The van der Waals surface area contributed by atoms with E-state index >= 15 is 0 Å². The van der Waals surface area contributed by atoms with Crippen LogP contribution in [0.1, 0.15) is 19.5 Å². The zero-order valence-corrected chi connectivity index (χ0v) is 20.5. The molecule has 36 heavy (non-hydrogen) atoms. The number of hydrogen-bond donors (Lipinski definition) is 7. The van der Waals surface area contributed by atoms with E-state index in [9.17, 15) is 40.6 Å². The van der Waals surface area contributed by atoms with Gasteiger partial charge in [0.05, 0.1) is 6.04 Å². The Morgan fingerprint density at radius 2 is 1.89 bits per heavy atom. The number of amides is 4. The Morgan fingerprint density at radius 1 is 1.28 bits per heavy atom. The van der Waals surface area contributed by atoms with Gasteiger partial charge in [0.25, 0.3) is 11.8 Å². The first-order valence-electron chi connectivity index (χ1n) is 9.19. The Kier molecular flexibility index (Phi) is 8.09. The summed E-state index contributed by atoms with van der Waals surface area (Å²) in [5.74, 6) is -4.02. The number of β-lactam (4-membered cyclic amide) rings is 1. The van der Waals surface area contributed by atoms with Crippen LogP contribution in [0.3, 0.4) is 0 Å². The molecule has 1 saturated heterocycles. The summed E-state index contributed by atoms with van der Waals surface area (Å²) in [7, 11) is -10.2. The normalized spacial score (nSPS) is 18.7. The number of carbonyl (C=O) groups excluding carboxylic acids is 3. The number of aromatic nitrogens is 1. The molecular weight excluding hydrogens is 554 g/mol. The molecule has 0 aromatic carbocycles. The van der Waals surface area contributed by atoms with Crippen LogP contribution in [0.5, 0.6) is 0 Å². The molecule has 0 aliphatic carbocycles. The lowest BCUT2D eigenvalue weighted by atomic mass is 9.98. The number of rotatable bonds is 10. The number of hydrogen-bond acceptors (Lipinski definition) is 13. The number of nitrogen functional groups attached to an aromatic ring is 1. The number of thiazole rings is 1. The van der Waals surface area contributed by atoms with Crippen molar-refractivity contribution in [2.24, 2.45) is 5.16 Å².